The second-order valence-electron chi connectivity index (χ2n) is 6.62. The van der Waals surface area contributed by atoms with Gasteiger partial charge in [0.05, 0.1) is 5.02 Å². The van der Waals surface area contributed by atoms with Crippen molar-refractivity contribution in [3.63, 3.8) is 0 Å². The van der Waals surface area contributed by atoms with E-state index in [4.69, 9.17) is 17.3 Å². The quantitative estimate of drug-likeness (QED) is 0.884. The molecule has 112 valence electrons. The summed E-state index contributed by atoms with van der Waals surface area (Å²) < 4.78 is 16.4. The van der Waals surface area contributed by atoms with Gasteiger partial charge in [0.25, 0.3) is 0 Å². The summed E-state index contributed by atoms with van der Waals surface area (Å²) in [5.41, 5.74) is 6.99. The predicted octanol–water partition coefficient (Wildman–Crippen LogP) is 4.56. The van der Waals surface area contributed by atoms with Crippen molar-refractivity contribution in [3.05, 3.63) is 34.9 Å². The summed E-state index contributed by atoms with van der Waals surface area (Å²) in [6.07, 6.45) is 2.20. The molecular weight excluding hydrogens is 289 g/mol. The Morgan fingerprint density at radius 1 is 1.33 bits per heavy atom. The molecule has 2 aromatic rings. The lowest BCUT2D eigenvalue weighted by atomic mass is 9.95. The number of imidazole rings is 1. The highest BCUT2D eigenvalue weighted by Gasteiger charge is 2.34. The zero-order valence-corrected chi connectivity index (χ0v) is 13.2. The number of benzene rings is 1. The van der Waals surface area contributed by atoms with Crippen molar-refractivity contribution < 1.29 is 4.39 Å². The molecule has 1 heterocycles. The van der Waals surface area contributed by atoms with E-state index < -0.39 is 5.82 Å². The van der Waals surface area contributed by atoms with Crippen molar-refractivity contribution >= 4 is 17.4 Å². The summed E-state index contributed by atoms with van der Waals surface area (Å²) in [4.78, 5) is 4.65. The van der Waals surface area contributed by atoms with E-state index in [1.54, 1.807) is 12.1 Å². The molecule has 0 spiro atoms. The number of rotatable bonds is 2. The first kappa shape index (κ1) is 14.4. The van der Waals surface area contributed by atoms with E-state index in [2.05, 4.69) is 30.3 Å². The van der Waals surface area contributed by atoms with Crippen LogP contribution in [0.15, 0.2) is 18.2 Å². The van der Waals surface area contributed by atoms with Crippen LogP contribution < -0.4 is 5.73 Å². The maximum Gasteiger partial charge on any atom is 0.151 e. The van der Waals surface area contributed by atoms with Crippen molar-refractivity contribution in [2.75, 3.05) is 5.73 Å². The van der Waals surface area contributed by atoms with E-state index in [1.807, 2.05) is 0 Å². The third-order valence-corrected chi connectivity index (χ3v) is 4.03. The van der Waals surface area contributed by atoms with Gasteiger partial charge in [-0.3, -0.25) is 0 Å². The molecule has 0 unspecified atom stereocenters. The van der Waals surface area contributed by atoms with Crippen molar-refractivity contribution in [1.29, 1.82) is 0 Å². The molecule has 0 radical (unpaired) electrons. The zero-order valence-electron chi connectivity index (χ0n) is 12.5. The van der Waals surface area contributed by atoms with Crippen molar-refractivity contribution in [3.8, 4) is 11.3 Å². The van der Waals surface area contributed by atoms with Gasteiger partial charge in [-0.2, -0.15) is 0 Å². The highest BCUT2D eigenvalue weighted by atomic mass is 35.5. The average Bonchev–Trinajstić information content (AvgIpc) is 3.16. The largest absolute Gasteiger partial charge is 0.383 e. The standard InChI is InChI=1S/C16H19ClFN3/c1-16(2,3)15-20-13(14(19)21(15)9-7-8-9)10-5-4-6-11(17)12(10)18/h4-6,9H,7-8,19H2,1-3H3. The highest BCUT2D eigenvalue weighted by Crippen LogP contribution is 2.44. The van der Waals surface area contributed by atoms with Crippen LogP contribution in [0.1, 0.15) is 45.5 Å². The molecule has 2 N–H and O–H groups in total. The summed E-state index contributed by atoms with van der Waals surface area (Å²) >= 11 is 5.88. The summed E-state index contributed by atoms with van der Waals surface area (Å²) in [5.74, 6) is 0.965. The minimum Gasteiger partial charge on any atom is -0.383 e. The topological polar surface area (TPSA) is 43.8 Å². The van der Waals surface area contributed by atoms with Crippen LogP contribution in [-0.4, -0.2) is 9.55 Å². The molecule has 1 fully saturated rings. The van der Waals surface area contributed by atoms with Gasteiger partial charge in [-0.25, -0.2) is 9.37 Å². The Kier molecular flexibility index (Phi) is 3.24. The van der Waals surface area contributed by atoms with Gasteiger partial charge in [-0.05, 0) is 25.0 Å². The molecule has 1 saturated carbocycles. The molecule has 0 atom stereocenters. The van der Waals surface area contributed by atoms with Crippen molar-refractivity contribution in [2.45, 2.75) is 45.1 Å². The summed E-state index contributed by atoms with van der Waals surface area (Å²) in [5, 5.41) is 0.0881. The highest BCUT2D eigenvalue weighted by molar-refractivity contribution is 6.31. The number of hydrogen-bond donors (Lipinski definition) is 1. The molecule has 1 aromatic carbocycles. The molecule has 1 aromatic heterocycles. The minimum atomic E-state index is -0.466. The summed E-state index contributed by atoms with van der Waals surface area (Å²) in [7, 11) is 0. The smallest absolute Gasteiger partial charge is 0.151 e. The number of aromatic nitrogens is 2. The van der Waals surface area contributed by atoms with Crippen LogP contribution in [0.5, 0.6) is 0 Å². The van der Waals surface area contributed by atoms with Crippen LogP contribution in [0.4, 0.5) is 10.2 Å². The zero-order chi connectivity index (χ0) is 15.4. The maximum absolute atomic E-state index is 14.3. The Balaban J connectivity index is 2.22. The van der Waals surface area contributed by atoms with E-state index in [1.165, 1.54) is 6.07 Å². The van der Waals surface area contributed by atoms with Crippen molar-refractivity contribution in [2.24, 2.45) is 0 Å². The molecule has 3 rings (SSSR count). The molecule has 3 nitrogen and oxygen atoms in total. The molecule has 1 aliphatic rings. The minimum absolute atomic E-state index is 0.0881. The number of nitrogens with two attached hydrogens (primary N) is 1. The molecule has 21 heavy (non-hydrogen) atoms. The van der Waals surface area contributed by atoms with Gasteiger partial charge in [-0.15, -0.1) is 0 Å². The molecule has 0 aliphatic heterocycles. The fourth-order valence-corrected chi connectivity index (χ4v) is 2.74. The first-order valence-corrected chi connectivity index (χ1v) is 7.51. The van der Waals surface area contributed by atoms with E-state index >= 15 is 0 Å². The third kappa shape index (κ3) is 2.42. The van der Waals surface area contributed by atoms with Crippen LogP contribution in [0.2, 0.25) is 5.02 Å². The lowest BCUT2D eigenvalue weighted by Crippen LogP contribution is -2.19. The lowest BCUT2D eigenvalue weighted by Gasteiger charge is -2.20. The van der Waals surface area contributed by atoms with Gasteiger partial charge in [0.2, 0.25) is 0 Å². The maximum atomic E-state index is 14.3. The third-order valence-electron chi connectivity index (χ3n) is 3.74. The van der Waals surface area contributed by atoms with Crippen LogP contribution in [0, 0.1) is 5.82 Å². The van der Waals surface area contributed by atoms with Gasteiger partial charge in [0.15, 0.2) is 5.82 Å². The summed E-state index contributed by atoms with van der Waals surface area (Å²) in [6.45, 7) is 6.27. The second-order valence-corrected chi connectivity index (χ2v) is 7.03. The van der Waals surface area contributed by atoms with Gasteiger partial charge in [0.1, 0.15) is 17.3 Å². The number of anilines is 1. The van der Waals surface area contributed by atoms with E-state index in [0.29, 0.717) is 23.1 Å². The number of nitrogens with zero attached hydrogens (tertiary/aromatic N) is 2. The monoisotopic (exact) mass is 307 g/mol. The summed E-state index contributed by atoms with van der Waals surface area (Å²) in [6, 6.07) is 5.30. The van der Waals surface area contributed by atoms with Crippen LogP contribution in [0.25, 0.3) is 11.3 Å². The fourth-order valence-electron chi connectivity index (χ4n) is 2.56. The van der Waals surface area contributed by atoms with Gasteiger partial charge in [-0.1, -0.05) is 38.4 Å². The Morgan fingerprint density at radius 2 is 2.00 bits per heavy atom. The van der Waals surface area contributed by atoms with Gasteiger partial charge >= 0.3 is 0 Å². The van der Waals surface area contributed by atoms with E-state index in [0.717, 1.165) is 18.7 Å². The molecule has 0 bridgehead atoms. The Labute approximate surface area is 128 Å². The molecule has 1 aliphatic carbocycles. The second kappa shape index (κ2) is 4.73. The molecule has 0 amide bonds. The fraction of sp³-hybridized carbons (Fsp3) is 0.438. The number of nitrogen functional groups attached to an aromatic ring is 1. The van der Waals surface area contributed by atoms with Crippen molar-refractivity contribution in [1.82, 2.24) is 9.55 Å². The first-order valence-electron chi connectivity index (χ1n) is 7.13. The van der Waals surface area contributed by atoms with Crippen LogP contribution in [-0.2, 0) is 5.41 Å². The molecule has 5 heteroatoms. The van der Waals surface area contributed by atoms with Gasteiger partial charge in [0, 0.05) is 17.0 Å². The normalized spacial score (nSPS) is 15.5. The average molecular weight is 308 g/mol. The van der Waals surface area contributed by atoms with Crippen LogP contribution >= 0.6 is 11.6 Å². The van der Waals surface area contributed by atoms with E-state index in [-0.39, 0.29) is 10.4 Å². The number of halogens is 2. The molecule has 0 saturated heterocycles. The van der Waals surface area contributed by atoms with Crippen LogP contribution in [0.3, 0.4) is 0 Å². The number of hydrogen-bond acceptors (Lipinski definition) is 2. The Bertz CT molecular complexity index is 696. The predicted molar refractivity (Wildman–Crippen MR) is 84.0 cm³/mol. The van der Waals surface area contributed by atoms with E-state index in [9.17, 15) is 4.39 Å². The Morgan fingerprint density at radius 3 is 2.57 bits per heavy atom. The SMILES string of the molecule is CC(C)(C)c1nc(-c2cccc(Cl)c2F)c(N)n1C1CC1. The Hall–Kier alpha value is -1.55. The van der Waals surface area contributed by atoms with Gasteiger partial charge < -0.3 is 10.3 Å². The lowest BCUT2D eigenvalue weighted by molar-refractivity contribution is 0.504. The molecular formula is C16H19ClFN3. The first-order chi connectivity index (χ1) is 9.80.